The second kappa shape index (κ2) is 7.91. The van der Waals surface area contributed by atoms with Gasteiger partial charge in [-0.1, -0.05) is 53.0 Å². The lowest BCUT2D eigenvalue weighted by atomic mass is 10.0. The summed E-state index contributed by atoms with van der Waals surface area (Å²) in [6.45, 7) is 1.97. The van der Waals surface area contributed by atoms with Crippen LogP contribution in [0, 0.1) is 6.92 Å². The zero-order valence-corrected chi connectivity index (χ0v) is 15.9. The number of ether oxygens (including phenoxy) is 1. The largest absolute Gasteiger partial charge is 0.507 e. The van der Waals surface area contributed by atoms with Gasteiger partial charge in [0.25, 0.3) is 0 Å². The van der Waals surface area contributed by atoms with Crippen LogP contribution in [0.25, 0.3) is 11.1 Å². The van der Waals surface area contributed by atoms with Gasteiger partial charge in [0, 0.05) is 5.56 Å². The fourth-order valence-electron chi connectivity index (χ4n) is 2.73. The first kappa shape index (κ1) is 19.1. The SMILES string of the molecule is Cc1cccc(-c2cc(Oc3c(Cl)cc(CC(=O)O)cc3Cl)ccc2O)c1. The number of rotatable bonds is 5. The first-order chi connectivity index (χ1) is 12.8. The maximum Gasteiger partial charge on any atom is 0.307 e. The molecule has 0 aliphatic rings. The zero-order valence-electron chi connectivity index (χ0n) is 14.4. The summed E-state index contributed by atoms with van der Waals surface area (Å²) >= 11 is 12.5. The maximum atomic E-state index is 10.9. The van der Waals surface area contributed by atoms with Gasteiger partial charge in [-0.15, -0.1) is 0 Å². The summed E-state index contributed by atoms with van der Waals surface area (Å²) in [6, 6.07) is 15.6. The molecule has 6 heteroatoms. The number of halogens is 2. The molecule has 3 aromatic carbocycles. The van der Waals surface area contributed by atoms with Crippen LogP contribution in [0.1, 0.15) is 11.1 Å². The molecule has 0 spiro atoms. The van der Waals surface area contributed by atoms with E-state index in [4.69, 9.17) is 33.0 Å². The molecule has 0 amide bonds. The molecule has 0 aliphatic carbocycles. The Morgan fingerprint density at radius 1 is 1.04 bits per heavy atom. The van der Waals surface area contributed by atoms with E-state index in [0.717, 1.165) is 11.1 Å². The molecule has 0 bridgehead atoms. The molecule has 0 heterocycles. The van der Waals surface area contributed by atoms with Crippen LogP contribution in [0.5, 0.6) is 17.2 Å². The van der Waals surface area contributed by atoms with E-state index < -0.39 is 5.97 Å². The third-order valence-electron chi connectivity index (χ3n) is 3.93. The van der Waals surface area contributed by atoms with Crippen molar-refractivity contribution in [1.29, 1.82) is 0 Å². The van der Waals surface area contributed by atoms with Gasteiger partial charge in [0.15, 0.2) is 5.75 Å². The van der Waals surface area contributed by atoms with Gasteiger partial charge in [-0.25, -0.2) is 0 Å². The van der Waals surface area contributed by atoms with Crippen LogP contribution in [0.3, 0.4) is 0 Å². The lowest BCUT2D eigenvalue weighted by molar-refractivity contribution is -0.136. The fourth-order valence-corrected chi connectivity index (χ4v) is 3.34. The molecule has 0 atom stereocenters. The highest BCUT2D eigenvalue weighted by molar-refractivity contribution is 6.37. The Kier molecular flexibility index (Phi) is 5.59. The number of phenols is 1. The van der Waals surface area contributed by atoms with E-state index in [2.05, 4.69) is 0 Å². The number of benzene rings is 3. The number of aryl methyl sites for hydroxylation is 1. The molecule has 0 aliphatic heterocycles. The van der Waals surface area contributed by atoms with Crippen LogP contribution < -0.4 is 4.74 Å². The summed E-state index contributed by atoms with van der Waals surface area (Å²) in [4.78, 5) is 10.9. The van der Waals surface area contributed by atoms with Crippen LogP contribution in [-0.4, -0.2) is 16.2 Å². The van der Waals surface area contributed by atoms with Crippen LogP contribution in [0.2, 0.25) is 10.0 Å². The lowest BCUT2D eigenvalue weighted by Crippen LogP contribution is -2.00. The van der Waals surface area contributed by atoms with Crippen molar-refractivity contribution in [2.75, 3.05) is 0 Å². The van der Waals surface area contributed by atoms with E-state index in [0.29, 0.717) is 16.9 Å². The molecule has 0 radical (unpaired) electrons. The number of carboxylic acid groups (broad SMARTS) is 1. The molecule has 0 saturated carbocycles. The Balaban J connectivity index is 1.95. The van der Waals surface area contributed by atoms with Crippen molar-refractivity contribution in [3.8, 4) is 28.4 Å². The molecule has 27 heavy (non-hydrogen) atoms. The van der Waals surface area contributed by atoms with Gasteiger partial charge in [0.05, 0.1) is 16.5 Å². The Hall–Kier alpha value is -2.69. The van der Waals surface area contributed by atoms with Crippen LogP contribution in [0.4, 0.5) is 0 Å². The van der Waals surface area contributed by atoms with Gasteiger partial charge in [-0.05, 0) is 48.4 Å². The number of hydrogen-bond acceptors (Lipinski definition) is 3. The standard InChI is InChI=1S/C21H16Cl2O4/c1-12-3-2-4-14(7-12)16-11-15(5-6-19(16)24)27-21-17(22)8-13(9-18(21)23)10-20(25)26/h2-9,11,24H,10H2,1H3,(H,25,26). The summed E-state index contributed by atoms with van der Waals surface area (Å²) in [7, 11) is 0. The highest BCUT2D eigenvalue weighted by Crippen LogP contribution is 2.40. The van der Waals surface area contributed by atoms with Gasteiger partial charge in [0.1, 0.15) is 11.5 Å². The summed E-state index contributed by atoms with van der Waals surface area (Å²) in [5.41, 5.74) is 3.02. The van der Waals surface area contributed by atoms with Crippen molar-refractivity contribution in [3.05, 3.63) is 75.8 Å². The quantitative estimate of drug-likeness (QED) is 0.541. The van der Waals surface area contributed by atoms with E-state index in [1.54, 1.807) is 12.1 Å². The summed E-state index contributed by atoms with van der Waals surface area (Å²) in [5, 5.41) is 19.5. The van der Waals surface area contributed by atoms with Crippen molar-refractivity contribution >= 4 is 29.2 Å². The molecule has 3 rings (SSSR count). The Morgan fingerprint density at radius 2 is 1.74 bits per heavy atom. The molecule has 2 N–H and O–H groups in total. The number of carbonyl (C=O) groups is 1. The van der Waals surface area contributed by atoms with Crippen LogP contribution in [0.15, 0.2) is 54.6 Å². The third-order valence-corrected chi connectivity index (χ3v) is 4.49. The second-order valence-corrected chi connectivity index (χ2v) is 6.92. The minimum absolute atomic E-state index is 0.127. The minimum Gasteiger partial charge on any atom is -0.507 e. The number of aliphatic carboxylic acids is 1. The van der Waals surface area contributed by atoms with E-state index in [9.17, 15) is 9.90 Å². The van der Waals surface area contributed by atoms with Crippen LogP contribution >= 0.6 is 23.2 Å². The summed E-state index contributed by atoms with van der Waals surface area (Å²) in [6.07, 6.45) is -0.184. The average Bonchev–Trinajstić information content (AvgIpc) is 2.59. The summed E-state index contributed by atoms with van der Waals surface area (Å²) in [5.74, 6) is -0.175. The van der Waals surface area contributed by atoms with Crippen molar-refractivity contribution in [2.45, 2.75) is 13.3 Å². The highest BCUT2D eigenvalue weighted by Gasteiger charge is 2.14. The van der Waals surface area contributed by atoms with Crippen molar-refractivity contribution in [2.24, 2.45) is 0 Å². The van der Waals surface area contributed by atoms with E-state index in [1.807, 2.05) is 31.2 Å². The number of carboxylic acids is 1. The third kappa shape index (κ3) is 4.54. The number of aromatic hydroxyl groups is 1. The Morgan fingerprint density at radius 3 is 2.37 bits per heavy atom. The molecular formula is C21H16Cl2O4. The van der Waals surface area contributed by atoms with E-state index in [1.165, 1.54) is 18.2 Å². The first-order valence-corrected chi connectivity index (χ1v) is 8.86. The molecule has 0 unspecified atom stereocenters. The van der Waals surface area contributed by atoms with Crippen molar-refractivity contribution in [3.63, 3.8) is 0 Å². The lowest BCUT2D eigenvalue weighted by Gasteiger charge is -2.13. The van der Waals surface area contributed by atoms with Crippen LogP contribution in [-0.2, 0) is 11.2 Å². The van der Waals surface area contributed by atoms with Gasteiger partial charge in [-0.3, -0.25) is 4.79 Å². The minimum atomic E-state index is -0.975. The molecule has 3 aromatic rings. The molecule has 4 nitrogen and oxygen atoms in total. The van der Waals surface area contributed by atoms with Gasteiger partial charge < -0.3 is 14.9 Å². The van der Waals surface area contributed by atoms with Crippen molar-refractivity contribution in [1.82, 2.24) is 0 Å². The van der Waals surface area contributed by atoms with Gasteiger partial charge in [0.2, 0.25) is 0 Å². The van der Waals surface area contributed by atoms with Crippen molar-refractivity contribution < 1.29 is 19.7 Å². The monoisotopic (exact) mass is 402 g/mol. The average molecular weight is 403 g/mol. The fraction of sp³-hybridized carbons (Fsp3) is 0.0952. The molecule has 138 valence electrons. The Bertz CT molecular complexity index is 992. The molecule has 0 aromatic heterocycles. The normalized spacial score (nSPS) is 10.6. The summed E-state index contributed by atoms with van der Waals surface area (Å²) < 4.78 is 5.82. The second-order valence-electron chi connectivity index (χ2n) is 6.11. The molecule has 0 saturated heterocycles. The molecular weight excluding hydrogens is 387 g/mol. The predicted molar refractivity (Wildman–Crippen MR) is 106 cm³/mol. The highest BCUT2D eigenvalue weighted by atomic mass is 35.5. The first-order valence-electron chi connectivity index (χ1n) is 8.11. The van der Waals surface area contributed by atoms with E-state index in [-0.39, 0.29) is 28.0 Å². The maximum absolute atomic E-state index is 10.9. The smallest absolute Gasteiger partial charge is 0.307 e. The topological polar surface area (TPSA) is 66.8 Å². The van der Waals surface area contributed by atoms with E-state index >= 15 is 0 Å². The van der Waals surface area contributed by atoms with Gasteiger partial charge >= 0.3 is 5.97 Å². The Labute approximate surface area is 166 Å². The number of hydrogen-bond donors (Lipinski definition) is 2. The molecule has 0 fully saturated rings. The number of phenolic OH excluding ortho intramolecular Hbond substituents is 1. The van der Waals surface area contributed by atoms with Gasteiger partial charge in [-0.2, -0.15) is 0 Å². The predicted octanol–water partition coefficient (Wildman–Crippen LogP) is 6.09. The zero-order chi connectivity index (χ0) is 19.6.